The van der Waals surface area contributed by atoms with E-state index in [1.807, 2.05) is 56.3 Å². The van der Waals surface area contributed by atoms with Crippen LogP contribution in [0.3, 0.4) is 0 Å². The molecule has 0 fully saturated rings. The van der Waals surface area contributed by atoms with Crippen LogP contribution in [0.15, 0.2) is 48.5 Å². The van der Waals surface area contributed by atoms with Crippen molar-refractivity contribution in [3.8, 4) is 0 Å². The molecule has 0 unspecified atom stereocenters. The molecule has 0 radical (unpaired) electrons. The molecule has 0 aliphatic carbocycles. The molecule has 2 rings (SSSR count). The Hall–Kier alpha value is -2.82. The summed E-state index contributed by atoms with van der Waals surface area (Å²) in [5.41, 5.74) is 3.83. The van der Waals surface area contributed by atoms with Crippen molar-refractivity contribution in [2.24, 2.45) is 0 Å². The predicted octanol–water partition coefficient (Wildman–Crippen LogP) is 2.91. The third kappa shape index (κ3) is 4.57. The van der Waals surface area contributed by atoms with Crippen molar-refractivity contribution in [2.75, 3.05) is 12.4 Å². The number of rotatable bonds is 4. The number of imide groups is 1. The summed E-state index contributed by atoms with van der Waals surface area (Å²) in [6, 6.07) is 14.1. The van der Waals surface area contributed by atoms with E-state index in [1.165, 1.54) is 7.05 Å². The Kier molecular flexibility index (Phi) is 5.36. The Morgan fingerprint density at radius 1 is 0.957 bits per heavy atom. The van der Waals surface area contributed by atoms with Crippen molar-refractivity contribution >= 4 is 17.6 Å². The molecule has 5 nitrogen and oxygen atoms in total. The fraction of sp³-hybridized carbons (Fsp3) is 0.222. The highest BCUT2D eigenvalue weighted by Gasteiger charge is 2.22. The summed E-state index contributed by atoms with van der Waals surface area (Å²) in [7, 11) is 1.47. The molecular formula is C18H21N3O2. The maximum atomic E-state index is 12.5. The lowest BCUT2D eigenvalue weighted by Crippen LogP contribution is -2.42. The Labute approximate surface area is 136 Å². The number of amides is 3. The second kappa shape index (κ2) is 7.45. The third-order valence-corrected chi connectivity index (χ3v) is 3.39. The lowest BCUT2D eigenvalue weighted by Gasteiger charge is -2.20. The second-order valence-corrected chi connectivity index (χ2v) is 5.43. The summed E-state index contributed by atoms with van der Waals surface area (Å²) in [5.74, 6) is -0.408. The van der Waals surface area contributed by atoms with Gasteiger partial charge in [0, 0.05) is 12.7 Å². The van der Waals surface area contributed by atoms with Gasteiger partial charge in [-0.2, -0.15) is 0 Å². The van der Waals surface area contributed by atoms with Gasteiger partial charge in [-0.1, -0.05) is 36.4 Å². The van der Waals surface area contributed by atoms with Crippen molar-refractivity contribution < 1.29 is 9.59 Å². The number of anilines is 1. The molecule has 3 N–H and O–H groups in total. The van der Waals surface area contributed by atoms with E-state index in [4.69, 9.17) is 0 Å². The van der Waals surface area contributed by atoms with Crippen molar-refractivity contribution in [3.63, 3.8) is 0 Å². The molecule has 2 aromatic carbocycles. The zero-order valence-electron chi connectivity index (χ0n) is 13.5. The maximum Gasteiger partial charge on any atom is 0.321 e. The zero-order valence-corrected chi connectivity index (χ0v) is 13.5. The normalized spacial score (nSPS) is 11.4. The Bertz CT molecular complexity index is 678. The molecular weight excluding hydrogens is 290 g/mol. The van der Waals surface area contributed by atoms with Crippen LogP contribution in [-0.2, 0) is 4.79 Å². The first kappa shape index (κ1) is 16.5. The van der Waals surface area contributed by atoms with Crippen molar-refractivity contribution in [1.82, 2.24) is 10.6 Å². The highest BCUT2D eigenvalue weighted by Crippen LogP contribution is 2.22. The highest BCUT2D eigenvalue weighted by atomic mass is 16.2. The first-order valence-electron chi connectivity index (χ1n) is 7.42. The smallest absolute Gasteiger partial charge is 0.321 e. The molecule has 23 heavy (non-hydrogen) atoms. The molecule has 0 aliphatic heterocycles. The van der Waals surface area contributed by atoms with E-state index in [9.17, 15) is 9.59 Å². The fourth-order valence-electron chi connectivity index (χ4n) is 2.42. The lowest BCUT2D eigenvalue weighted by atomic mass is 10.0. The first-order chi connectivity index (χ1) is 11.0. The van der Waals surface area contributed by atoms with Crippen LogP contribution in [0.25, 0.3) is 0 Å². The highest BCUT2D eigenvalue weighted by molar-refractivity contribution is 5.98. The minimum absolute atomic E-state index is 0.408. The van der Waals surface area contributed by atoms with E-state index in [1.54, 1.807) is 0 Å². The van der Waals surface area contributed by atoms with Crippen LogP contribution in [0.2, 0.25) is 0 Å². The minimum atomic E-state index is -0.658. The van der Waals surface area contributed by atoms with E-state index >= 15 is 0 Å². The van der Waals surface area contributed by atoms with Gasteiger partial charge in [-0.3, -0.25) is 10.1 Å². The molecule has 0 aromatic heterocycles. The quantitative estimate of drug-likeness (QED) is 0.813. The lowest BCUT2D eigenvalue weighted by molar-refractivity contribution is -0.120. The number of nitrogens with one attached hydrogen (secondary N) is 3. The summed E-state index contributed by atoms with van der Waals surface area (Å²) >= 11 is 0. The summed E-state index contributed by atoms with van der Waals surface area (Å²) in [6.45, 7) is 4.00. The molecule has 0 aliphatic rings. The van der Waals surface area contributed by atoms with Gasteiger partial charge in [-0.25, -0.2) is 4.79 Å². The molecule has 0 bridgehead atoms. The van der Waals surface area contributed by atoms with Crippen molar-refractivity contribution in [2.45, 2.75) is 19.9 Å². The SMILES string of the molecule is CNC(=O)NC(=O)[C@@H](Nc1cc(C)cc(C)c1)c1ccccc1. The molecule has 0 heterocycles. The Morgan fingerprint density at radius 3 is 2.13 bits per heavy atom. The van der Waals surface area contributed by atoms with E-state index in [-0.39, 0.29) is 0 Å². The van der Waals surface area contributed by atoms with Gasteiger partial charge in [0.2, 0.25) is 0 Å². The van der Waals surface area contributed by atoms with Crippen LogP contribution in [-0.4, -0.2) is 19.0 Å². The molecule has 2 aromatic rings. The average molecular weight is 311 g/mol. The average Bonchev–Trinajstić information content (AvgIpc) is 2.52. The second-order valence-electron chi connectivity index (χ2n) is 5.43. The van der Waals surface area contributed by atoms with Crippen molar-refractivity contribution in [1.29, 1.82) is 0 Å². The van der Waals surface area contributed by atoms with Crippen LogP contribution >= 0.6 is 0 Å². The van der Waals surface area contributed by atoms with Gasteiger partial charge in [0.25, 0.3) is 5.91 Å². The van der Waals surface area contributed by atoms with Crippen LogP contribution in [0.4, 0.5) is 10.5 Å². The monoisotopic (exact) mass is 311 g/mol. The molecule has 120 valence electrons. The van der Waals surface area contributed by atoms with Gasteiger partial charge in [-0.15, -0.1) is 0 Å². The Morgan fingerprint density at radius 2 is 1.57 bits per heavy atom. The first-order valence-corrected chi connectivity index (χ1v) is 7.42. The van der Waals surface area contributed by atoms with Gasteiger partial charge < -0.3 is 10.6 Å². The summed E-state index contributed by atoms with van der Waals surface area (Å²) in [4.78, 5) is 23.9. The van der Waals surface area contributed by atoms with E-state index in [2.05, 4.69) is 22.0 Å². The standard InChI is InChI=1S/C18H21N3O2/c1-12-9-13(2)11-15(10-12)20-16(14-7-5-4-6-8-14)17(22)21-18(23)19-3/h4-11,16,20H,1-3H3,(H2,19,21,22,23)/t16-/m0/s1. The minimum Gasteiger partial charge on any atom is -0.370 e. The van der Waals surface area contributed by atoms with Crippen LogP contribution < -0.4 is 16.0 Å². The molecule has 0 spiro atoms. The van der Waals surface area contributed by atoms with Crippen LogP contribution in [0, 0.1) is 13.8 Å². The van der Waals surface area contributed by atoms with Gasteiger partial charge >= 0.3 is 6.03 Å². The number of aryl methyl sites for hydroxylation is 2. The number of carbonyl (C=O) groups excluding carboxylic acids is 2. The largest absolute Gasteiger partial charge is 0.370 e. The van der Waals surface area contributed by atoms with Crippen LogP contribution in [0.5, 0.6) is 0 Å². The number of hydrogen-bond acceptors (Lipinski definition) is 3. The van der Waals surface area contributed by atoms with E-state index in [0.717, 1.165) is 22.4 Å². The van der Waals surface area contributed by atoms with Gasteiger partial charge in [0.1, 0.15) is 6.04 Å². The number of urea groups is 1. The number of carbonyl (C=O) groups is 2. The zero-order chi connectivity index (χ0) is 16.8. The van der Waals surface area contributed by atoms with Crippen molar-refractivity contribution in [3.05, 3.63) is 65.2 Å². The summed E-state index contributed by atoms with van der Waals surface area (Å²) < 4.78 is 0. The molecule has 1 atom stereocenters. The molecule has 0 saturated carbocycles. The summed E-state index contributed by atoms with van der Waals surface area (Å²) in [6.07, 6.45) is 0. The number of benzene rings is 2. The molecule has 0 saturated heterocycles. The van der Waals surface area contributed by atoms with E-state index < -0.39 is 18.0 Å². The van der Waals surface area contributed by atoms with Gasteiger partial charge in [0.15, 0.2) is 0 Å². The van der Waals surface area contributed by atoms with E-state index in [0.29, 0.717) is 0 Å². The summed E-state index contributed by atoms with van der Waals surface area (Å²) in [5, 5.41) is 7.93. The van der Waals surface area contributed by atoms with Gasteiger partial charge in [0.05, 0.1) is 0 Å². The van der Waals surface area contributed by atoms with Gasteiger partial charge in [-0.05, 0) is 42.7 Å². The fourth-order valence-corrected chi connectivity index (χ4v) is 2.42. The molecule has 3 amide bonds. The molecule has 5 heteroatoms. The predicted molar refractivity (Wildman–Crippen MR) is 91.3 cm³/mol. The third-order valence-electron chi connectivity index (χ3n) is 3.39. The van der Waals surface area contributed by atoms with Crippen LogP contribution in [0.1, 0.15) is 22.7 Å². The number of hydrogen-bond donors (Lipinski definition) is 3. The topological polar surface area (TPSA) is 70.2 Å². The maximum absolute atomic E-state index is 12.5. The Balaban J connectivity index is 2.30.